The van der Waals surface area contributed by atoms with Gasteiger partial charge in [-0.25, -0.2) is 19.9 Å². The van der Waals surface area contributed by atoms with E-state index in [1.807, 2.05) is 26.0 Å². The van der Waals surface area contributed by atoms with Gasteiger partial charge in [-0.15, -0.1) is 0 Å². The fourth-order valence-corrected chi connectivity index (χ4v) is 5.32. The summed E-state index contributed by atoms with van der Waals surface area (Å²) in [6, 6.07) is 8.75. The van der Waals surface area contributed by atoms with Crippen LogP contribution < -0.4 is 25.4 Å². The van der Waals surface area contributed by atoms with E-state index < -0.39 is 0 Å². The van der Waals surface area contributed by atoms with Gasteiger partial charge < -0.3 is 15.1 Å². The zero-order valence-electron chi connectivity index (χ0n) is 22.7. The van der Waals surface area contributed by atoms with Crippen molar-refractivity contribution in [2.24, 2.45) is 7.05 Å². The zero-order chi connectivity index (χ0) is 28.4. The smallest absolute Gasteiger partial charge is 0.281 e. The van der Waals surface area contributed by atoms with Crippen LogP contribution in [0.2, 0.25) is 5.15 Å². The molecule has 0 aliphatic carbocycles. The molecule has 0 spiro atoms. The molecular weight excluding hydrogens is 550 g/mol. The molecule has 2 N–H and O–H groups in total. The van der Waals surface area contributed by atoms with E-state index in [0.29, 0.717) is 54.7 Å². The number of carbonyl (C=O) groups excluding carboxylic acids is 1. The second-order valence-corrected chi connectivity index (χ2v) is 10.6. The van der Waals surface area contributed by atoms with Gasteiger partial charge in [-0.2, -0.15) is 0 Å². The first-order valence-electron chi connectivity index (χ1n) is 12.8. The fraction of sp³-hybridized carbons (Fsp3) is 0.333. The molecule has 11 nitrogen and oxygen atoms in total. The third-order valence-electron chi connectivity index (χ3n) is 6.84. The molecule has 1 atom stereocenters. The lowest BCUT2D eigenvalue weighted by atomic mass is 10.0. The molecule has 1 aliphatic heterocycles. The number of pyridine rings is 1. The third-order valence-corrected chi connectivity index (χ3v) is 7.44. The summed E-state index contributed by atoms with van der Waals surface area (Å²) in [7, 11) is 1.76. The number of aryl methyl sites for hydroxylation is 1. The van der Waals surface area contributed by atoms with Gasteiger partial charge in [0.25, 0.3) is 11.5 Å². The summed E-state index contributed by atoms with van der Waals surface area (Å²) in [5, 5.41) is 4.16. The molecule has 1 fully saturated rings. The first-order valence-corrected chi connectivity index (χ1v) is 14.4. The number of halogens is 1. The van der Waals surface area contributed by atoms with Crippen molar-refractivity contribution >= 4 is 57.9 Å². The first kappa shape index (κ1) is 27.7. The molecule has 1 aliphatic rings. The van der Waals surface area contributed by atoms with Gasteiger partial charge in [-0.05, 0) is 43.7 Å². The highest BCUT2D eigenvalue weighted by Crippen LogP contribution is 2.29. The van der Waals surface area contributed by atoms with Crippen LogP contribution in [0.25, 0.3) is 10.9 Å². The number of carbonyl (C=O) groups is 1. The fourth-order valence-electron chi connectivity index (χ4n) is 4.89. The van der Waals surface area contributed by atoms with E-state index in [1.54, 1.807) is 48.5 Å². The number of nitrogens with one attached hydrogen (secondary N) is 2. The monoisotopic (exact) mass is 579 g/mol. The zero-order valence-corrected chi connectivity index (χ0v) is 24.3. The normalized spacial score (nSPS) is 14.3. The minimum Gasteiger partial charge on any atom is -0.377 e. The number of hydrogen-bond acceptors (Lipinski definition) is 10. The molecule has 4 heterocycles. The minimum atomic E-state index is -0.354. The molecule has 4 aromatic rings. The van der Waals surface area contributed by atoms with Gasteiger partial charge >= 0.3 is 0 Å². The third kappa shape index (κ3) is 5.54. The number of hydrogen-bond donors (Lipinski definition) is 2. The lowest BCUT2D eigenvalue weighted by Gasteiger charge is -2.36. The van der Waals surface area contributed by atoms with Crippen LogP contribution >= 0.6 is 23.5 Å². The number of aromatic nitrogens is 5. The van der Waals surface area contributed by atoms with Gasteiger partial charge in [-0.3, -0.25) is 18.9 Å². The SMILES string of the molecule is CSNC(=O)c1nc(Cl)ccc1NC(C)c1cc(C)cc2c(=O)n(C)c(N3CCN(c4ncccn4)CC3)nc12. The molecular formula is C27H30ClN9O2S. The molecule has 1 aromatic carbocycles. The predicted molar refractivity (Wildman–Crippen MR) is 160 cm³/mol. The summed E-state index contributed by atoms with van der Waals surface area (Å²) in [6.07, 6.45) is 5.23. The molecule has 1 saturated heterocycles. The van der Waals surface area contributed by atoms with Crippen molar-refractivity contribution in [3.8, 4) is 0 Å². The average Bonchev–Trinajstić information content (AvgIpc) is 2.96. The van der Waals surface area contributed by atoms with Crippen molar-refractivity contribution in [1.29, 1.82) is 0 Å². The highest BCUT2D eigenvalue weighted by Gasteiger charge is 2.24. The Bertz CT molecular complexity index is 1610. The second-order valence-electron chi connectivity index (χ2n) is 9.58. The maximum atomic E-state index is 13.6. The number of benzene rings is 1. The molecule has 3 aromatic heterocycles. The first-order chi connectivity index (χ1) is 19.3. The van der Waals surface area contributed by atoms with Crippen molar-refractivity contribution < 1.29 is 4.79 Å². The highest BCUT2D eigenvalue weighted by molar-refractivity contribution is 7.97. The molecule has 208 valence electrons. The van der Waals surface area contributed by atoms with Crippen LogP contribution in [0, 0.1) is 6.92 Å². The number of fused-ring (bicyclic) bond motifs is 1. The van der Waals surface area contributed by atoms with E-state index >= 15 is 0 Å². The van der Waals surface area contributed by atoms with Crippen LogP contribution in [-0.2, 0) is 7.05 Å². The summed E-state index contributed by atoms with van der Waals surface area (Å²) >= 11 is 7.28. The molecule has 13 heteroatoms. The van der Waals surface area contributed by atoms with Crippen molar-refractivity contribution in [3.05, 3.63) is 75.1 Å². The van der Waals surface area contributed by atoms with Crippen molar-refractivity contribution in [3.63, 3.8) is 0 Å². The van der Waals surface area contributed by atoms with E-state index in [-0.39, 0.29) is 28.4 Å². The summed E-state index contributed by atoms with van der Waals surface area (Å²) in [4.78, 5) is 48.5. The Morgan fingerprint density at radius 1 is 1.07 bits per heavy atom. The van der Waals surface area contributed by atoms with Gasteiger partial charge in [0.15, 0.2) is 5.69 Å². The van der Waals surface area contributed by atoms with Crippen molar-refractivity contribution in [2.45, 2.75) is 19.9 Å². The average molecular weight is 580 g/mol. The number of nitrogens with zero attached hydrogens (tertiary/aromatic N) is 7. The number of anilines is 3. The Balaban J connectivity index is 1.49. The molecule has 5 rings (SSSR count). The Morgan fingerprint density at radius 3 is 2.48 bits per heavy atom. The lowest BCUT2D eigenvalue weighted by Crippen LogP contribution is -2.48. The molecule has 1 unspecified atom stereocenters. The van der Waals surface area contributed by atoms with Crippen molar-refractivity contribution in [2.75, 3.05) is 47.6 Å². The Hall–Kier alpha value is -3.90. The van der Waals surface area contributed by atoms with Gasteiger partial charge in [0.05, 0.1) is 22.6 Å². The van der Waals surface area contributed by atoms with Crippen LogP contribution in [0.4, 0.5) is 17.6 Å². The minimum absolute atomic E-state index is 0.112. The summed E-state index contributed by atoms with van der Waals surface area (Å²) in [6.45, 7) is 6.68. The van der Waals surface area contributed by atoms with Crippen molar-refractivity contribution in [1.82, 2.24) is 29.2 Å². The maximum absolute atomic E-state index is 13.6. The molecule has 40 heavy (non-hydrogen) atoms. The summed E-state index contributed by atoms with van der Waals surface area (Å²) in [5.41, 5.74) is 3.01. The molecule has 1 amide bonds. The van der Waals surface area contributed by atoms with E-state index in [0.717, 1.165) is 11.1 Å². The van der Waals surface area contributed by atoms with E-state index in [4.69, 9.17) is 16.6 Å². The standard InChI is InChI=1S/C27H30ClN9O2S/c1-16-14-18(17(2)31-20-6-7-21(28)32-23(20)24(38)34-40-4)22-19(15-16)25(39)35(3)27(33-22)37-12-10-36(11-13-37)26-29-8-5-9-30-26/h5-9,14-15,17,31H,10-13H2,1-4H3,(H,34,38). The van der Waals surface area contributed by atoms with Crippen LogP contribution in [-0.4, -0.2) is 62.8 Å². The molecule has 0 bridgehead atoms. The van der Waals surface area contributed by atoms with Crippen LogP contribution in [0.5, 0.6) is 0 Å². The number of amides is 1. The van der Waals surface area contributed by atoms with Gasteiger partial charge in [0.2, 0.25) is 11.9 Å². The van der Waals surface area contributed by atoms with E-state index in [9.17, 15) is 9.59 Å². The molecule has 0 radical (unpaired) electrons. The Morgan fingerprint density at radius 2 is 1.77 bits per heavy atom. The number of rotatable bonds is 7. The van der Waals surface area contributed by atoms with E-state index in [2.05, 4.69) is 34.8 Å². The quantitative estimate of drug-likeness (QED) is 0.248. The topological polar surface area (TPSA) is 121 Å². The van der Waals surface area contributed by atoms with Crippen LogP contribution in [0.3, 0.4) is 0 Å². The second kappa shape index (κ2) is 11.7. The van der Waals surface area contributed by atoms with Gasteiger partial charge in [0, 0.05) is 57.4 Å². The predicted octanol–water partition coefficient (Wildman–Crippen LogP) is 3.59. The lowest BCUT2D eigenvalue weighted by molar-refractivity contribution is 0.0980. The Labute approximate surface area is 241 Å². The van der Waals surface area contributed by atoms with Crippen LogP contribution in [0.15, 0.2) is 47.5 Å². The van der Waals surface area contributed by atoms with Crippen LogP contribution in [0.1, 0.15) is 34.6 Å². The maximum Gasteiger partial charge on any atom is 0.281 e. The molecule has 0 saturated carbocycles. The summed E-state index contributed by atoms with van der Waals surface area (Å²) < 4.78 is 4.31. The van der Waals surface area contributed by atoms with E-state index in [1.165, 1.54) is 11.9 Å². The summed E-state index contributed by atoms with van der Waals surface area (Å²) in [5.74, 6) is 0.951. The number of piperazine rings is 1. The van der Waals surface area contributed by atoms with Gasteiger partial charge in [-0.1, -0.05) is 29.6 Å². The van der Waals surface area contributed by atoms with Gasteiger partial charge in [0.1, 0.15) is 5.15 Å². The highest BCUT2D eigenvalue weighted by atomic mass is 35.5. The Kier molecular flexibility index (Phi) is 8.08. The largest absolute Gasteiger partial charge is 0.377 e.